The number of carbonyl (C=O) groups excluding carboxylic acids is 1. The Morgan fingerprint density at radius 3 is 2.85 bits per heavy atom. The fraction of sp³-hybridized carbons (Fsp3) is 0.500. The van der Waals surface area contributed by atoms with E-state index in [1.54, 1.807) is 11.0 Å². The number of hydrogen-bond acceptors (Lipinski definition) is 3. The molecule has 2 rings (SSSR count). The molecule has 0 spiro atoms. The van der Waals surface area contributed by atoms with Gasteiger partial charge in [0.1, 0.15) is 5.82 Å². The Bertz CT molecular complexity index is 465. The molecule has 20 heavy (non-hydrogen) atoms. The molecule has 6 heteroatoms. The van der Waals surface area contributed by atoms with Gasteiger partial charge in [-0.15, -0.1) is 0 Å². The molecular weight excluding hydrogens is 263 g/mol. The van der Waals surface area contributed by atoms with Gasteiger partial charge < -0.3 is 20.4 Å². The van der Waals surface area contributed by atoms with Gasteiger partial charge in [-0.3, -0.25) is 0 Å². The van der Waals surface area contributed by atoms with E-state index in [4.69, 9.17) is 10.2 Å². The third-order valence-electron chi connectivity index (χ3n) is 3.72. The fourth-order valence-electron chi connectivity index (χ4n) is 2.48. The zero-order valence-electron chi connectivity index (χ0n) is 11.1. The number of carbonyl (C=O) groups is 1. The maximum Gasteiger partial charge on any atom is 0.321 e. The van der Waals surface area contributed by atoms with Gasteiger partial charge in [0.15, 0.2) is 0 Å². The molecule has 1 aromatic carbocycles. The van der Waals surface area contributed by atoms with E-state index in [1.807, 2.05) is 0 Å². The quantitative estimate of drug-likeness (QED) is 0.779. The summed E-state index contributed by atoms with van der Waals surface area (Å²) in [5.74, 6) is -0.493. The summed E-state index contributed by atoms with van der Waals surface area (Å²) in [6, 6.07) is 5.45. The molecule has 1 atom stereocenters. The Balaban J connectivity index is 1.91. The van der Waals surface area contributed by atoms with E-state index in [1.165, 1.54) is 18.2 Å². The molecular formula is C14H19FN2O3. The lowest BCUT2D eigenvalue weighted by Gasteiger charge is -2.20. The van der Waals surface area contributed by atoms with Crippen LogP contribution in [-0.2, 0) is 0 Å². The SMILES string of the molecule is O=C(Nc1cccc(F)c1)N1CCC(C(CO)CO)C1. The maximum atomic E-state index is 13.0. The Morgan fingerprint density at radius 1 is 1.45 bits per heavy atom. The van der Waals surface area contributed by atoms with Crippen LogP contribution in [0.2, 0.25) is 0 Å². The van der Waals surface area contributed by atoms with E-state index in [0.29, 0.717) is 18.8 Å². The molecule has 1 aliphatic rings. The van der Waals surface area contributed by atoms with E-state index in [2.05, 4.69) is 5.32 Å². The van der Waals surface area contributed by atoms with Crippen molar-refractivity contribution in [1.82, 2.24) is 4.90 Å². The van der Waals surface area contributed by atoms with Crippen molar-refractivity contribution in [3.8, 4) is 0 Å². The Hall–Kier alpha value is -1.66. The molecule has 1 aliphatic heterocycles. The van der Waals surface area contributed by atoms with Crippen LogP contribution in [0, 0.1) is 17.7 Å². The lowest BCUT2D eigenvalue weighted by atomic mass is 9.93. The van der Waals surface area contributed by atoms with Gasteiger partial charge in [0.05, 0.1) is 0 Å². The van der Waals surface area contributed by atoms with E-state index >= 15 is 0 Å². The van der Waals surface area contributed by atoms with E-state index in [0.717, 1.165) is 6.42 Å². The minimum atomic E-state index is -0.400. The molecule has 3 N–H and O–H groups in total. The van der Waals surface area contributed by atoms with Gasteiger partial charge in [-0.1, -0.05) is 6.07 Å². The van der Waals surface area contributed by atoms with Crippen molar-refractivity contribution in [2.24, 2.45) is 11.8 Å². The van der Waals surface area contributed by atoms with Crippen LogP contribution >= 0.6 is 0 Å². The van der Waals surface area contributed by atoms with E-state index < -0.39 is 5.82 Å². The summed E-state index contributed by atoms with van der Waals surface area (Å²) >= 11 is 0. The van der Waals surface area contributed by atoms with Gasteiger partial charge in [-0.05, 0) is 30.5 Å². The molecule has 0 aromatic heterocycles. The number of aliphatic hydroxyl groups is 2. The molecule has 1 aromatic rings. The first kappa shape index (κ1) is 14.7. The number of urea groups is 1. The minimum absolute atomic E-state index is 0.0828. The predicted molar refractivity (Wildman–Crippen MR) is 72.8 cm³/mol. The monoisotopic (exact) mass is 282 g/mol. The number of amides is 2. The number of nitrogens with zero attached hydrogens (tertiary/aromatic N) is 1. The molecule has 0 aliphatic carbocycles. The maximum absolute atomic E-state index is 13.0. The Labute approximate surface area is 117 Å². The highest BCUT2D eigenvalue weighted by atomic mass is 19.1. The van der Waals surface area contributed by atoms with Crippen LogP contribution < -0.4 is 5.32 Å². The topological polar surface area (TPSA) is 72.8 Å². The van der Waals surface area contributed by atoms with Crippen molar-refractivity contribution in [3.05, 3.63) is 30.1 Å². The first-order valence-corrected chi connectivity index (χ1v) is 6.67. The second-order valence-electron chi connectivity index (χ2n) is 5.06. The number of aliphatic hydroxyl groups excluding tert-OH is 2. The van der Waals surface area contributed by atoms with E-state index in [-0.39, 0.29) is 31.1 Å². The molecule has 1 heterocycles. The average molecular weight is 282 g/mol. The minimum Gasteiger partial charge on any atom is -0.396 e. The van der Waals surface area contributed by atoms with Crippen molar-refractivity contribution in [3.63, 3.8) is 0 Å². The summed E-state index contributed by atoms with van der Waals surface area (Å²) in [6.07, 6.45) is 0.752. The fourth-order valence-corrected chi connectivity index (χ4v) is 2.48. The molecule has 1 fully saturated rings. The summed E-state index contributed by atoms with van der Waals surface area (Å²) in [5.41, 5.74) is 0.416. The highest BCUT2D eigenvalue weighted by molar-refractivity contribution is 5.89. The van der Waals surface area contributed by atoms with Crippen LogP contribution in [0.5, 0.6) is 0 Å². The zero-order chi connectivity index (χ0) is 14.5. The predicted octanol–water partition coefficient (Wildman–Crippen LogP) is 1.28. The summed E-state index contributed by atoms with van der Waals surface area (Å²) in [4.78, 5) is 13.7. The first-order chi connectivity index (χ1) is 9.63. The molecule has 2 amide bonds. The van der Waals surface area contributed by atoms with Gasteiger partial charge in [0, 0.05) is 37.9 Å². The first-order valence-electron chi connectivity index (χ1n) is 6.67. The summed E-state index contributed by atoms with van der Waals surface area (Å²) in [5, 5.41) is 21.0. The summed E-state index contributed by atoms with van der Waals surface area (Å²) in [6.45, 7) is 0.899. The molecule has 0 radical (unpaired) electrons. The number of benzene rings is 1. The molecule has 0 bridgehead atoms. The van der Waals surface area contributed by atoms with Crippen LogP contribution in [0.15, 0.2) is 24.3 Å². The highest BCUT2D eigenvalue weighted by Gasteiger charge is 2.31. The van der Waals surface area contributed by atoms with Gasteiger partial charge >= 0.3 is 6.03 Å². The van der Waals surface area contributed by atoms with Crippen LogP contribution in [0.4, 0.5) is 14.9 Å². The van der Waals surface area contributed by atoms with Crippen LogP contribution in [-0.4, -0.2) is 47.4 Å². The van der Waals surface area contributed by atoms with Crippen molar-refractivity contribution in [2.75, 3.05) is 31.6 Å². The van der Waals surface area contributed by atoms with Gasteiger partial charge in [-0.2, -0.15) is 0 Å². The van der Waals surface area contributed by atoms with Crippen molar-refractivity contribution in [1.29, 1.82) is 0 Å². The van der Waals surface area contributed by atoms with Crippen molar-refractivity contribution < 1.29 is 19.4 Å². The normalized spacial score (nSPS) is 18.6. The molecule has 1 unspecified atom stereocenters. The molecule has 1 saturated heterocycles. The van der Waals surface area contributed by atoms with E-state index in [9.17, 15) is 9.18 Å². The van der Waals surface area contributed by atoms with Gasteiger partial charge in [0.25, 0.3) is 0 Å². The van der Waals surface area contributed by atoms with Crippen LogP contribution in [0.25, 0.3) is 0 Å². The van der Waals surface area contributed by atoms with Gasteiger partial charge in [0.2, 0.25) is 0 Å². The van der Waals surface area contributed by atoms with Crippen molar-refractivity contribution in [2.45, 2.75) is 6.42 Å². The van der Waals surface area contributed by atoms with Gasteiger partial charge in [-0.25, -0.2) is 9.18 Å². The number of nitrogens with one attached hydrogen (secondary N) is 1. The standard InChI is InChI=1S/C14H19FN2O3/c15-12-2-1-3-13(6-12)16-14(20)17-5-4-10(7-17)11(8-18)9-19/h1-3,6,10-11,18-19H,4-5,7-9H2,(H,16,20). The number of rotatable bonds is 4. The summed E-state index contributed by atoms with van der Waals surface area (Å²) in [7, 11) is 0. The number of likely N-dealkylation sites (tertiary alicyclic amines) is 1. The lowest BCUT2D eigenvalue weighted by molar-refractivity contribution is 0.109. The summed E-state index contributed by atoms with van der Waals surface area (Å²) < 4.78 is 13.0. The number of halogens is 1. The van der Waals surface area contributed by atoms with Crippen LogP contribution in [0.3, 0.4) is 0 Å². The lowest BCUT2D eigenvalue weighted by Crippen LogP contribution is -2.34. The molecule has 0 saturated carbocycles. The number of hydrogen-bond donors (Lipinski definition) is 3. The second-order valence-corrected chi connectivity index (χ2v) is 5.06. The molecule has 5 nitrogen and oxygen atoms in total. The number of anilines is 1. The van der Waals surface area contributed by atoms with Crippen molar-refractivity contribution >= 4 is 11.7 Å². The average Bonchev–Trinajstić information content (AvgIpc) is 2.90. The Kier molecular flexibility index (Phi) is 4.92. The third-order valence-corrected chi connectivity index (χ3v) is 3.72. The largest absolute Gasteiger partial charge is 0.396 e. The zero-order valence-corrected chi connectivity index (χ0v) is 11.1. The van der Waals surface area contributed by atoms with Crippen LogP contribution in [0.1, 0.15) is 6.42 Å². The second kappa shape index (κ2) is 6.67. The smallest absolute Gasteiger partial charge is 0.321 e. The Morgan fingerprint density at radius 2 is 2.20 bits per heavy atom. The molecule has 110 valence electrons. The third kappa shape index (κ3) is 3.46. The highest BCUT2D eigenvalue weighted by Crippen LogP contribution is 2.24.